The Morgan fingerprint density at radius 1 is 0.769 bits per heavy atom. The summed E-state index contributed by atoms with van der Waals surface area (Å²) < 4.78 is 71.6. The Morgan fingerprint density at radius 2 is 1.08 bits per heavy atom. The fourth-order valence-electron chi connectivity index (χ4n) is 1.05. The largest absolute Gasteiger partial charge is 0.416 e. The smallest absolute Gasteiger partial charge is 0.166 e. The highest BCUT2D eigenvalue weighted by atomic mass is 19.4. The van der Waals surface area contributed by atoms with Gasteiger partial charge < -0.3 is 0 Å². The van der Waals surface area contributed by atoms with Gasteiger partial charge in [0, 0.05) is 0 Å². The Hall–Kier alpha value is -0.940. The molecule has 0 aliphatic heterocycles. The van der Waals surface area contributed by atoms with Crippen molar-refractivity contribution in [3.05, 3.63) is 23.3 Å². The molecule has 13 heavy (non-hydrogen) atoms. The summed E-state index contributed by atoms with van der Waals surface area (Å²) in [6.07, 6.45) is -9.09. The molecule has 0 unspecified atom stereocenters. The van der Waals surface area contributed by atoms with Gasteiger partial charge in [-0.3, -0.25) is 0 Å². The molecule has 1 rings (SSSR count). The number of hydrogen-bond donors (Lipinski definition) is 0. The Balaban J connectivity index is 2.99. The van der Waals surface area contributed by atoms with Crippen LogP contribution in [0.4, 0.5) is 26.3 Å². The van der Waals surface area contributed by atoms with Gasteiger partial charge >= 0.3 is 12.4 Å². The lowest BCUT2D eigenvalue weighted by Crippen LogP contribution is -2.21. The molecule has 0 nitrogen and oxygen atoms in total. The molecule has 0 aromatic rings. The highest BCUT2D eigenvalue weighted by Crippen LogP contribution is 2.42. The lowest BCUT2D eigenvalue weighted by atomic mass is 10.1. The number of hydrogen-bond acceptors (Lipinski definition) is 0. The first-order valence-corrected chi connectivity index (χ1v) is 3.28. The maximum Gasteiger partial charge on any atom is 0.416 e. The summed E-state index contributed by atoms with van der Waals surface area (Å²) in [5.41, 5.74) is -3.17. The highest BCUT2D eigenvalue weighted by Gasteiger charge is 2.47. The topological polar surface area (TPSA) is 0 Å². The van der Waals surface area contributed by atoms with Crippen molar-refractivity contribution >= 4 is 0 Å². The van der Waals surface area contributed by atoms with Gasteiger partial charge in [0.25, 0.3) is 0 Å². The van der Waals surface area contributed by atoms with Crippen LogP contribution in [0, 0.1) is 0 Å². The van der Waals surface area contributed by atoms with E-state index in [4.69, 9.17) is 0 Å². The second kappa shape index (κ2) is 2.78. The molecular weight excluding hydrogens is 198 g/mol. The highest BCUT2D eigenvalue weighted by molar-refractivity contribution is 5.43. The molecule has 0 saturated carbocycles. The van der Waals surface area contributed by atoms with Crippen molar-refractivity contribution in [3.8, 4) is 0 Å². The predicted molar refractivity (Wildman–Crippen MR) is 32.9 cm³/mol. The summed E-state index contributed by atoms with van der Waals surface area (Å²) in [7, 11) is 0. The zero-order valence-corrected chi connectivity index (χ0v) is 6.13. The van der Waals surface area contributed by atoms with Crippen LogP contribution < -0.4 is 0 Å². The first-order chi connectivity index (χ1) is 5.73. The van der Waals surface area contributed by atoms with E-state index >= 15 is 0 Å². The van der Waals surface area contributed by atoms with Crippen molar-refractivity contribution in [2.45, 2.75) is 18.8 Å². The maximum atomic E-state index is 11.9. The third-order valence-electron chi connectivity index (χ3n) is 1.54. The molecule has 0 radical (unpaired) electrons. The summed E-state index contributed by atoms with van der Waals surface area (Å²) in [5.74, 6) is 0. The van der Waals surface area contributed by atoms with E-state index in [0.29, 0.717) is 12.2 Å². The summed E-state index contributed by atoms with van der Waals surface area (Å²) in [6.45, 7) is 0. The predicted octanol–water partition coefficient (Wildman–Crippen LogP) is 3.37. The van der Waals surface area contributed by atoms with Gasteiger partial charge in [-0.25, -0.2) is 0 Å². The minimum absolute atomic E-state index is 0.316. The Morgan fingerprint density at radius 3 is 1.31 bits per heavy atom. The molecule has 0 aromatic carbocycles. The third kappa shape index (κ3) is 2.05. The lowest BCUT2D eigenvalue weighted by molar-refractivity contribution is -0.117. The zero-order valence-electron chi connectivity index (χ0n) is 6.13. The lowest BCUT2D eigenvalue weighted by Gasteiger charge is -2.14. The average molecular weight is 202 g/mol. The van der Waals surface area contributed by atoms with Gasteiger partial charge in [0.1, 0.15) is 0 Å². The molecule has 0 spiro atoms. The molecule has 0 amide bonds. The van der Waals surface area contributed by atoms with E-state index in [9.17, 15) is 26.3 Å². The van der Waals surface area contributed by atoms with E-state index < -0.39 is 23.5 Å². The van der Waals surface area contributed by atoms with Crippen molar-refractivity contribution in [1.29, 1.82) is 0 Å². The van der Waals surface area contributed by atoms with Crippen LogP contribution in [0.5, 0.6) is 0 Å². The minimum Gasteiger partial charge on any atom is -0.166 e. The monoisotopic (exact) mass is 202 g/mol. The quantitative estimate of drug-likeness (QED) is 0.528. The molecule has 6 heteroatoms. The molecule has 0 heterocycles. The number of allylic oxidation sites excluding steroid dienone is 4. The fraction of sp³-hybridized carbons (Fsp3) is 0.429. The van der Waals surface area contributed by atoms with Crippen LogP contribution in [0.15, 0.2) is 23.3 Å². The van der Waals surface area contributed by atoms with Crippen LogP contribution >= 0.6 is 0 Å². The van der Waals surface area contributed by atoms with Gasteiger partial charge in [-0.05, 0) is 6.42 Å². The van der Waals surface area contributed by atoms with E-state index in [1.54, 1.807) is 0 Å². The number of alkyl halides is 6. The summed E-state index contributed by atoms with van der Waals surface area (Å²) in [5, 5.41) is 0. The maximum absolute atomic E-state index is 11.9. The second-order valence-electron chi connectivity index (χ2n) is 2.47. The molecule has 0 N–H and O–H groups in total. The van der Waals surface area contributed by atoms with Crippen molar-refractivity contribution in [3.63, 3.8) is 0 Å². The van der Waals surface area contributed by atoms with E-state index in [1.807, 2.05) is 0 Å². The molecule has 0 saturated heterocycles. The SMILES string of the molecule is FC(F)(F)C1=CCC=C1C(F)(F)F. The molecule has 0 fully saturated rings. The van der Waals surface area contributed by atoms with Gasteiger partial charge in [-0.1, -0.05) is 12.2 Å². The first kappa shape index (κ1) is 10.1. The van der Waals surface area contributed by atoms with Crippen LogP contribution in [-0.4, -0.2) is 12.4 Å². The van der Waals surface area contributed by atoms with Crippen molar-refractivity contribution in [2.24, 2.45) is 0 Å². The van der Waals surface area contributed by atoms with Crippen LogP contribution in [-0.2, 0) is 0 Å². The number of halogens is 6. The van der Waals surface area contributed by atoms with Gasteiger partial charge in [0.05, 0.1) is 11.1 Å². The van der Waals surface area contributed by atoms with E-state index in [0.717, 1.165) is 0 Å². The van der Waals surface area contributed by atoms with Crippen LogP contribution in [0.25, 0.3) is 0 Å². The normalized spacial score (nSPS) is 18.6. The van der Waals surface area contributed by atoms with Gasteiger partial charge in [-0.15, -0.1) is 0 Å². The van der Waals surface area contributed by atoms with Gasteiger partial charge in [0.2, 0.25) is 0 Å². The second-order valence-corrected chi connectivity index (χ2v) is 2.47. The fourth-order valence-corrected chi connectivity index (χ4v) is 1.05. The van der Waals surface area contributed by atoms with Gasteiger partial charge in [0.15, 0.2) is 0 Å². The Bertz CT molecular complexity index is 236. The third-order valence-corrected chi connectivity index (χ3v) is 1.54. The molecule has 0 aromatic heterocycles. The van der Waals surface area contributed by atoms with Crippen molar-refractivity contribution in [2.75, 3.05) is 0 Å². The van der Waals surface area contributed by atoms with Crippen LogP contribution in [0.2, 0.25) is 0 Å². The van der Waals surface area contributed by atoms with Crippen molar-refractivity contribution in [1.82, 2.24) is 0 Å². The Kier molecular flexibility index (Phi) is 2.17. The van der Waals surface area contributed by atoms with E-state index in [1.165, 1.54) is 0 Å². The van der Waals surface area contributed by atoms with Crippen LogP contribution in [0.3, 0.4) is 0 Å². The molecule has 0 atom stereocenters. The molecule has 1 aliphatic carbocycles. The zero-order chi connectivity index (χ0) is 10.3. The van der Waals surface area contributed by atoms with Gasteiger partial charge in [-0.2, -0.15) is 26.3 Å². The van der Waals surface area contributed by atoms with Crippen molar-refractivity contribution < 1.29 is 26.3 Å². The molecular formula is C7H4F6. The van der Waals surface area contributed by atoms with Crippen LogP contribution in [0.1, 0.15) is 6.42 Å². The molecule has 1 aliphatic rings. The average Bonchev–Trinajstić information content (AvgIpc) is 2.27. The van der Waals surface area contributed by atoms with E-state index in [-0.39, 0.29) is 6.42 Å². The first-order valence-electron chi connectivity index (χ1n) is 3.28. The molecule has 0 bridgehead atoms. The number of rotatable bonds is 0. The standard InChI is InChI=1S/C7H4F6/c8-6(9,10)4-2-1-3-5(4)7(11,12)13/h2-3H,1H2. The summed E-state index contributed by atoms with van der Waals surface area (Å²) in [6, 6.07) is 0. The summed E-state index contributed by atoms with van der Waals surface area (Å²) >= 11 is 0. The summed E-state index contributed by atoms with van der Waals surface area (Å²) in [4.78, 5) is 0. The Labute approximate surface area is 69.5 Å². The molecule has 74 valence electrons. The van der Waals surface area contributed by atoms with E-state index in [2.05, 4.69) is 0 Å². The minimum atomic E-state index is -4.92.